The summed E-state index contributed by atoms with van der Waals surface area (Å²) in [7, 11) is 2.71. The molecule has 1 rings (SSSR count). The van der Waals surface area contributed by atoms with Gasteiger partial charge in [-0.15, -0.1) is 0 Å². The van der Waals surface area contributed by atoms with Crippen molar-refractivity contribution in [3.8, 4) is 0 Å². The predicted octanol–water partition coefficient (Wildman–Crippen LogP) is -0.954. The maximum atomic E-state index is 11.0. The van der Waals surface area contributed by atoms with Crippen LogP contribution in [-0.2, 0) is 9.59 Å². The number of hydrogen-bond acceptors (Lipinski definition) is 3. The number of hydrogen-bond donors (Lipinski definition) is 0. The number of urea groups is 1. The fraction of sp³-hybridized carbons (Fsp3) is 0.500. The normalized spacial score (nSPS) is 18.0. The summed E-state index contributed by atoms with van der Waals surface area (Å²) in [5, 5.41) is 0. The van der Waals surface area contributed by atoms with Crippen molar-refractivity contribution < 1.29 is 14.4 Å². The average Bonchev–Trinajstić information content (AvgIpc) is 1.97. The molecule has 1 aliphatic heterocycles. The van der Waals surface area contributed by atoms with Gasteiger partial charge < -0.3 is 0 Å². The molecule has 0 spiro atoms. The summed E-state index contributed by atoms with van der Waals surface area (Å²) < 4.78 is 0. The quantitative estimate of drug-likeness (QED) is 0.345. The van der Waals surface area contributed by atoms with E-state index < -0.39 is 17.8 Å². The van der Waals surface area contributed by atoms with Crippen molar-refractivity contribution in [3.63, 3.8) is 0 Å². The van der Waals surface area contributed by atoms with Crippen LogP contribution in [0.15, 0.2) is 0 Å². The summed E-state index contributed by atoms with van der Waals surface area (Å²) in [5.74, 6) is -0.892. The van der Waals surface area contributed by atoms with Gasteiger partial charge in [0.05, 0.1) is 0 Å². The number of carbonyl (C=O) groups is 3. The van der Waals surface area contributed by atoms with E-state index in [0.29, 0.717) is 0 Å². The van der Waals surface area contributed by atoms with Crippen LogP contribution in [0.5, 0.6) is 0 Å². The minimum Gasteiger partial charge on any atom is -0.274 e. The van der Waals surface area contributed by atoms with Gasteiger partial charge in [0.15, 0.2) is 0 Å². The zero-order valence-corrected chi connectivity index (χ0v) is 6.90. The lowest BCUT2D eigenvalue weighted by atomic mass is 10.3. The molecule has 0 aromatic carbocycles. The molecule has 1 aliphatic rings. The Balaban J connectivity index is 0.00000121. The van der Waals surface area contributed by atoms with Crippen LogP contribution in [0.1, 0.15) is 6.42 Å². The predicted molar refractivity (Wildman–Crippen MR) is 41.3 cm³/mol. The van der Waals surface area contributed by atoms with E-state index in [1.807, 2.05) is 0 Å². The van der Waals surface area contributed by atoms with E-state index >= 15 is 0 Å². The highest BCUT2D eigenvalue weighted by molar-refractivity contribution is 6.13. The molecule has 6 heteroatoms. The lowest BCUT2D eigenvalue weighted by Crippen LogP contribution is -2.51. The van der Waals surface area contributed by atoms with Crippen LogP contribution in [-0.4, -0.2) is 50.2 Å². The molecule has 0 bridgehead atoms. The Hall–Kier alpha value is -1.33. The minimum absolute atomic E-state index is 0. The number of barbiturate groups is 1. The topological polar surface area (TPSA) is 57.7 Å². The first-order chi connectivity index (χ1) is 5.04. The highest BCUT2D eigenvalue weighted by atomic mass is 16.2. The molecule has 0 atom stereocenters. The zero-order chi connectivity index (χ0) is 8.59. The molecule has 0 aromatic heterocycles. The van der Waals surface area contributed by atoms with E-state index in [1.54, 1.807) is 0 Å². The molecular formula is C6H8BN2O3. The van der Waals surface area contributed by atoms with Crippen molar-refractivity contribution >= 4 is 26.3 Å². The molecule has 0 N–H and O–H groups in total. The fourth-order valence-corrected chi connectivity index (χ4v) is 0.805. The Kier molecular flexibility index (Phi) is 3.01. The maximum Gasteiger partial charge on any atom is 0.332 e. The summed E-state index contributed by atoms with van der Waals surface area (Å²) >= 11 is 0. The zero-order valence-electron chi connectivity index (χ0n) is 6.90. The first-order valence-corrected chi connectivity index (χ1v) is 3.11. The standard InChI is InChI=1S/C6H8N2O3.B/c1-7-4(9)3-5(10)8(2)6(7)11;/h3H2,1-2H3;. The molecule has 63 valence electrons. The Labute approximate surface area is 71.9 Å². The van der Waals surface area contributed by atoms with Gasteiger partial charge in [-0.2, -0.15) is 0 Å². The van der Waals surface area contributed by atoms with Crippen molar-refractivity contribution in [1.82, 2.24) is 9.80 Å². The van der Waals surface area contributed by atoms with Crippen molar-refractivity contribution in [1.29, 1.82) is 0 Å². The third-order valence-electron chi connectivity index (χ3n) is 1.62. The highest BCUT2D eigenvalue weighted by Crippen LogP contribution is 2.06. The van der Waals surface area contributed by atoms with Gasteiger partial charge in [-0.3, -0.25) is 19.4 Å². The van der Waals surface area contributed by atoms with E-state index in [0.717, 1.165) is 9.80 Å². The third kappa shape index (κ3) is 1.47. The molecule has 5 nitrogen and oxygen atoms in total. The van der Waals surface area contributed by atoms with Crippen molar-refractivity contribution in [2.45, 2.75) is 6.42 Å². The molecule has 12 heavy (non-hydrogen) atoms. The molecule has 0 aromatic rings. The largest absolute Gasteiger partial charge is 0.332 e. The van der Waals surface area contributed by atoms with Crippen molar-refractivity contribution in [2.75, 3.05) is 14.1 Å². The number of nitrogens with zero attached hydrogens (tertiary/aromatic N) is 2. The average molecular weight is 167 g/mol. The van der Waals surface area contributed by atoms with Crippen molar-refractivity contribution in [2.24, 2.45) is 0 Å². The first kappa shape index (κ1) is 10.7. The van der Waals surface area contributed by atoms with Gasteiger partial charge in [-0.05, 0) is 0 Å². The Morgan fingerprint density at radius 2 is 1.33 bits per heavy atom. The second-order valence-electron chi connectivity index (χ2n) is 2.36. The van der Waals surface area contributed by atoms with E-state index in [4.69, 9.17) is 0 Å². The van der Waals surface area contributed by atoms with Gasteiger partial charge in [0, 0.05) is 22.5 Å². The van der Waals surface area contributed by atoms with Crippen LogP contribution in [0.2, 0.25) is 0 Å². The fourth-order valence-electron chi connectivity index (χ4n) is 0.805. The molecule has 1 heterocycles. The lowest BCUT2D eigenvalue weighted by Gasteiger charge is -2.26. The third-order valence-corrected chi connectivity index (χ3v) is 1.62. The molecular weight excluding hydrogens is 159 g/mol. The molecule has 4 amide bonds. The Morgan fingerprint density at radius 1 is 1.00 bits per heavy atom. The van der Waals surface area contributed by atoms with Gasteiger partial charge in [0.1, 0.15) is 6.42 Å². The summed E-state index contributed by atoms with van der Waals surface area (Å²) in [5.41, 5.74) is 0. The van der Waals surface area contributed by atoms with Crippen LogP contribution in [0.4, 0.5) is 4.79 Å². The van der Waals surface area contributed by atoms with E-state index in [2.05, 4.69) is 0 Å². The second kappa shape index (κ2) is 3.38. The summed E-state index contributed by atoms with van der Waals surface area (Å²) in [6, 6.07) is -0.564. The Morgan fingerprint density at radius 3 is 1.67 bits per heavy atom. The Bertz CT molecular complexity index is 219. The van der Waals surface area contributed by atoms with Gasteiger partial charge >= 0.3 is 6.03 Å². The number of carbonyl (C=O) groups excluding carboxylic acids is 3. The van der Waals surface area contributed by atoms with Crippen LogP contribution in [0.25, 0.3) is 0 Å². The van der Waals surface area contributed by atoms with Gasteiger partial charge in [-0.1, -0.05) is 0 Å². The smallest absolute Gasteiger partial charge is 0.274 e. The number of amides is 4. The first-order valence-electron chi connectivity index (χ1n) is 3.11. The van der Waals surface area contributed by atoms with E-state index in [9.17, 15) is 14.4 Å². The van der Waals surface area contributed by atoms with Crippen LogP contribution in [0, 0.1) is 0 Å². The van der Waals surface area contributed by atoms with Gasteiger partial charge in [0.2, 0.25) is 11.8 Å². The van der Waals surface area contributed by atoms with Crippen LogP contribution in [0.3, 0.4) is 0 Å². The van der Waals surface area contributed by atoms with E-state index in [-0.39, 0.29) is 14.8 Å². The SMILES string of the molecule is CN1C(=O)CC(=O)N(C)C1=O.[B]. The summed E-state index contributed by atoms with van der Waals surface area (Å²) in [6.07, 6.45) is -0.210. The maximum absolute atomic E-state index is 11.0. The monoisotopic (exact) mass is 167 g/mol. The van der Waals surface area contributed by atoms with Crippen LogP contribution >= 0.6 is 0 Å². The van der Waals surface area contributed by atoms with Crippen molar-refractivity contribution in [3.05, 3.63) is 0 Å². The molecule has 0 unspecified atom stereocenters. The highest BCUT2D eigenvalue weighted by Gasteiger charge is 2.32. The molecule has 0 aliphatic carbocycles. The van der Waals surface area contributed by atoms with Gasteiger partial charge in [0.25, 0.3) is 0 Å². The summed E-state index contributed by atoms with van der Waals surface area (Å²) in [4.78, 5) is 34.5. The lowest BCUT2D eigenvalue weighted by molar-refractivity contribution is -0.140. The molecule has 1 fully saturated rings. The van der Waals surface area contributed by atoms with E-state index in [1.165, 1.54) is 14.1 Å². The number of imide groups is 2. The summed E-state index contributed by atoms with van der Waals surface area (Å²) in [6.45, 7) is 0. The van der Waals surface area contributed by atoms with Gasteiger partial charge in [-0.25, -0.2) is 4.79 Å². The molecule has 3 radical (unpaired) electrons. The minimum atomic E-state index is -0.564. The van der Waals surface area contributed by atoms with Crippen LogP contribution < -0.4 is 0 Å². The second-order valence-corrected chi connectivity index (χ2v) is 2.36. The molecule has 1 saturated heterocycles. The molecule has 0 saturated carbocycles. The number of rotatable bonds is 0.